The molecule has 1 aromatic carbocycles. The van der Waals surface area contributed by atoms with E-state index in [1.807, 2.05) is 54.9 Å². The highest BCUT2D eigenvalue weighted by Crippen LogP contribution is 2.11. The third-order valence-electron chi connectivity index (χ3n) is 2.41. The van der Waals surface area contributed by atoms with Gasteiger partial charge in [0.2, 0.25) is 0 Å². The average molecular weight is 232 g/mol. The van der Waals surface area contributed by atoms with Crippen molar-refractivity contribution in [1.29, 1.82) is 0 Å². The second kappa shape index (κ2) is 5.03. The van der Waals surface area contributed by atoms with E-state index in [1.54, 1.807) is 6.26 Å². The fourth-order valence-electron chi connectivity index (χ4n) is 1.65. The number of aromatic nitrogens is 1. The van der Waals surface area contributed by atoms with Crippen LogP contribution in [0.25, 0.3) is 0 Å². The number of rotatable bonds is 3. The number of pyridine rings is 1. The highest BCUT2D eigenvalue weighted by atomic mass is 32.2. The van der Waals surface area contributed by atoms with Crippen molar-refractivity contribution in [3.63, 3.8) is 0 Å². The molecule has 1 aromatic heterocycles. The second-order valence-corrected chi connectivity index (χ2v) is 4.96. The molecule has 1 unspecified atom stereocenters. The van der Waals surface area contributed by atoms with Crippen LogP contribution in [-0.2, 0) is 17.3 Å². The lowest BCUT2D eigenvalue weighted by atomic mass is 10.2. The largest absolute Gasteiger partial charge is 0.255 e. The molecule has 0 aliphatic carbocycles. The Morgan fingerprint density at radius 2 is 1.75 bits per heavy atom. The van der Waals surface area contributed by atoms with Crippen LogP contribution in [-0.4, -0.2) is 10.5 Å². The molecule has 2 rings (SSSR count). The molecule has 0 N–H and O–H groups in total. The maximum Gasteiger partial charge on any atom is 0.174 e. The van der Waals surface area contributed by atoms with Crippen LogP contribution in [0.15, 0.2) is 59.8 Å². The van der Waals surface area contributed by atoms with Crippen LogP contribution in [0.2, 0.25) is 0 Å². The van der Waals surface area contributed by atoms with Crippen LogP contribution in [0.5, 0.6) is 0 Å². The molecule has 0 bridgehead atoms. The number of benzene rings is 1. The SMILES string of the molecule is CS(=O)c1ccccc1C[n+]1ccccc1. The van der Waals surface area contributed by atoms with Gasteiger partial charge < -0.3 is 0 Å². The fraction of sp³-hybridized carbons (Fsp3) is 0.154. The molecule has 82 valence electrons. The lowest BCUT2D eigenvalue weighted by Gasteiger charge is -2.03. The Morgan fingerprint density at radius 1 is 1.06 bits per heavy atom. The Balaban J connectivity index is 2.31. The van der Waals surface area contributed by atoms with Gasteiger partial charge in [-0.3, -0.25) is 4.21 Å². The van der Waals surface area contributed by atoms with E-state index in [0.29, 0.717) is 0 Å². The molecule has 0 saturated carbocycles. The van der Waals surface area contributed by atoms with Crippen molar-refractivity contribution in [1.82, 2.24) is 0 Å². The minimum Gasteiger partial charge on any atom is -0.255 e. The van der Waals surface area contributed by atoms with Crippen LogP contribution in [0.4, 0.5) is 0 Å². The molecular formula is C13H14NOS+. The van der Waals surface area contributed by atoms with Gasteiger partial charge in [-0.05, 0) is 6.07 Å². The van der Waals surface area contributed by atoms with E-state index in [2.05, 4.69) is 4.57 Å². The lowest BCUT2D eigenvalue weighted by Crippen LogP contribution is -2.33. The first-order chi connectivity index (χ1) is 7.77. The smallest absolute Gasteiger partial charge is 0.174 e. The van der Waals surface area contributed by atoms with Gasteiger partial charge in [0.25, 0.3) is 0 Å². The molecule has 0 radical (unpaired) electrons. The van der Waals surface area contributed by atoms with Gasteiger partial charge >= 0.3 is 0 Å². The van der Waals surface area contributed by atoms with Crippen molar-refractivity contribution in [2.24, 2.45) is 0 Å². The van der Waals surface area contributed by atoms with Crippen LogP contribution >= 0.6 is 0 Å². The van der Waals surface area contributed by atoms with E-state index >= 15 is 0 Å². The molecule has 1 heterocycles. The third kappa shape index (κ3) is 2.55. The van der Waals surface area contributed by atoms with Gasteiger partial charge in [0.05, 0.1) is 10.8 Å². The summed E-state index contributed by atoms with van der Waals surface area (Å²) < 4.78 is 13.6. The molecule has 0 aliphatic heterocycles. The van der Waals surface area contributed by atoms with E-state index in [-0.39, 0.29) is 0 Å². The van der Waals surface area contributed by atoms with Crippen molar-refractivity contribution in [2.75, 3.05) is 6.26 Å². The van der Waals surface area contributed by atoms with E-state index < -0.39 is 10.8 Å². The van der Waals surface area contributed by atoms with E-state index in [9.17, 15) is 4.21 Å². The van der Waals surface area contributed by atoms with Gasteiger partial charge in [0.15, 0.2) is 18.9 Å². The van der Waals surface area contributed by atoms with Gasteiger partial charge in [0, 0.05) is 28.8 Å². The molecule has 0 spiro atoms. The van der Waals surface area contributed by atoms with Gasteiger partial charge in [-0.25, -0.2) is 4.57 Å². The van der Waals surface area contributed by atoms with Crippen LogP contribution in [0, 0.1) is 0 Å². The molecule has 2 nitrogen and oxygen atoms in total. The third-order valence-corrected chi connectivity index (χ3v) is 3.43. The van der Waals surface area contributed by atoms with Gasteiger partial charge in [-0.15, -0.1) is 0 Å². The summed E-state index contributed by atoms with van der Waals surface area (Å²) in [6.45, 7) is 0.761. The second-order valence-electron chi connectivity index (χ2n) is 3.61. The average Bonchev–Trinajstić information content (AvgIpc) is 2.31. The van der Waals surface area contributed by atoms with Crippen molar-refractivity contribution in [2.45, 2.75) is 11.4 Å². The Kier molecular flexibility index (Phi) is 3.47. The van der Waals surface area contributed by atoms with Crippen LogP contribution in [0.1, 0.15) is 5.56 Å². The summed E-state index contributed by atoms with van der Waals surface area (Å²) in [7, 11) is -0.927. The zero-order valence-electron chi connectivity index (χ0n) is 9.17. The topological polar surface area (TPSA) is 20.9 Å². The summed E-state index contributed by atoms with van der Waals surface area (Å²) in [6, 6.07) is 13.8. The number of hydrogen-bond donors (Lipinski definition) is 0. The molecule has 2 aromatic rings. The predicted octanol–water partition coefficient (Wildman–Crippen LogP) is 1.76. The summed E-state index contributed by atoms with van der Waals surface area (Å²) in [6.07, 6.45) is 5.74. The normalized spacial score (nSPS) is 12.3. The minimum atomic E-state index is -0.927. The summed E-state index contributed by atoms with van der Waals surface area (Å²) in [4.78, 5) is 0.916. The molecule has 16 heavy (non-hydrogen) atoms. The maximum atomic E-state index is 11.6. The quantitative estimate of drug-likeness (QED) is 0.739. The molecule has 0 saturated heterocycles. The first-order valence-electron chi connectivity index (χ1n) is 5.13. The molecule has 3 heteroatoms. The summed E-state index contributed by atoms with van der Waals surface area (Å²) >= 11 is 0. The number of hydrogen-bond acceptors (Lipinski definition) is 1. The summed E-state index contributed by atoms with van der Waals surface area (Å²) in [5.74, 6) is 0. The fourth-order valence-corrected chi connectivity index (χ4v) is 2.42. The van der Waals surface area contributed by atoms with Crippen molar-refractivity contribution in [3.8, 4) is 0 Å². The summed E-state index contributed by atoms with van der Waals surface area (Å²) in [5.41, 5.74) is 1.11. The maximum absolute atomic E-state index is 11.6. The van der Waals surface area contributed by atoms with Crippen molar-refractivity contribution < 1.29 is 8.78 Å². The standard InChI is InChI=1S/C13H14NOS/c1-16(15)13-8-4-3-7-12(13)11-14-9-5-2-6-10-14/h2-10H,11H2,1H3/q+1. The van der Waals surface area contributed by atoms with Crippen LogP contribution < -0.4 is 4.57 Å². The van der Waals surface area contributed by atoms with E-state index in [1.165, 1.54) is 0 Å². The molecule has 0 fully saturated rings. The van der Waals surface area contributed by atoms with Crippen LogP contribution in [0.3, 0.4) is 0 Å². The Bertz CT molecular complexity index is 496. The Morgan fingerprint density at radius 3 is 2.44 bits per heavy atom. The van der Waals surface area contributed by atoms with Crippen molar-refractivity contribution >= 4 is 10.8 Å². The molecular weight excluding hydrogens is 218 g/mol. The predicted molar refractivity (Wildman–Crippen MR) is 64.5 cm³/mol. The molecule has 0 aliphatic rings. The zero-order valence-corrected chi connectivity index (χ0v) is 9.98. The van der Waals surface area contributed by atoms with Gasteiger partial charge in [-0.2, -0.15) is 0 Å². The van der Waals surface area contributed by atoms with E-state index in [0.717, 1.165) is 17.0 Å². The molecule has 0 amide bonds. The molecule has 1 atom stereocenters. The van der Waals surface area contributed by atoms with E-state index in [4.69, 9.17) is 0 Å². The monoisotopic (exact) mass is 232 g/mol. The first-order valence-corrected chi connectivity index (χ1v) is 6.68. The highest BCUT2D eigenvalue weighted by molar-refractivity contribution is 7.84. The first kappa shape index (κ1) is 11.0. The minimum absolute atomic E-state index is 0.761. The summed E-state index contributed by atoms with van der Waals surface area (Å²) in [5, 5.41) is 0. The number of nitrogens with zero attached hydrogens (tertiary/aromatic N) is 1. The van der Waals surface area contributed by atoms with Crippen molar-refractivity contribution in [3.05, 3.63) is 60.4 Å². The highest BCUT2D eigenvalue weighted by Gasteiger charge is 2.09. The lowest BCUT2D eigenvalue weighted by molar-refractivity contribution is -0.688. The Labute approximate surface area is 98.0 Å². The Hall–Kier alpha value is -1.48. The van der Waals surface area contributed by atoms with Gasteiger partial charge in [0.1, 0.15) is 0 Å². The van der Waals surface area contributed by atoms with Gasteiger partial charge in [-0.1, -0.05) is 24.3 Å². The zero-order chi connectivity index (χ0) is 11.4.